The Hall–Kier alpha value is -2.83. The van der Waals surface area contributed by atoms with E-state index in [2.05, 4.69) is 5.32 Å². The minimum atomic E-state index is -3.96. The number of amides is 1. The van der Waals surface area contributed by atoms with Gasteiger partial charge in [-0.1, -0.05) is 73.1 Å². The van der Waals surface area contributed by atoms with E-state index in [1.54, 1.807) is 36.4 Å². The molecular weight excluding hydrogens is 432 g/mol. The summed E-state index contributed by atoms with van der Waals surface area (Å²) < 4.78 is 27.7. The van der Waals surface area contributed by atoms with Crippen molar-refractivity contribution in [3.63, 3.8) is 0 Å². The highest BCUT2D eigenvalue weighted by atomic mass is 35.5. The molecule has 0 saturated carbocycles. The summed E-state index contributed by atoms with van der Waals surface area (Å²) >= 11 is 6.24. The number of nitrogens with zero attached hydrogens (tertiary/aromatic N) is 1. The van der Waals surface area contributed by atoms with E-state index in [-0.39, 0.29) is 23.3 Å². The predicted octanol–water partition coefficient (Wildman–Crippen LogP) is 4.76. The van der Waals surface area contributed by atoms with E-state index in [9.17, 15) is 13.2 Å². The summed E-state index contributed by atoms with van der Waals surface area (Å²) in [6.07, 6.45) is 0. The Kier molecular flexibility index (Phi) is 7.36. The number of sulfonamides is 1. The third-order valence-corrected chi connectivity index (χ3v) is 7.23. The zero-order valence-electron chi connectivity index (χ0n) is 17.5. The van der Waals surface area contributed by atoms with Gasteiger partial charge in [-0.2, -0.15) is 0 Å². The van der Waals surface area contributed by atoms with Crippen LogP contribution in [0.2, 0.25) is 5.02 Å². The molecule has 0 aliphatic carbocycles. The summed E-state index contributed by atoms with van der Waals surface area (Å²) in [6.45, 7) is 3.89. The van der Waals surface area contributed by atoms with Gasteiger partial charge in [0.25, 0.3) is 10.0 Å². The lowest BCUT2D eigenvalue weighted by Gasteiger charge is -2.25. The smallest absolute Gasteiger partial charge is 0.264 e. The second kappa shape index (κ2) is 9.98. The number of benzene rings is 3. The number of carbonyl (C=O) groups excluding carboxylic acids is 1. The van der Waals surface area contributed by atoms with E-state index in [0.29, 0.717) is 17.3 Å². The first-order chi connectivity index (χ1) is 14.8. The number of carbonyl (C=O) groups is 1. The Bertz CT molecular complexity index is 1140. The molecule has 3 rings (SSSR count). The van der Waals surface area contributed by atoms with Gasteiger partial charge in [-0.3, -0.25) is 9.10 Å². The van der Waals surface area contributed by atoms with Crippen LogP contribution in [0.25, 0.3) is 0 Å². The van der Waals surface area contributed by atoms with Crippen LogP contribution in [0, 0.1) is 6.92 Å². The van der Waals surface area contributed by atoms with Crippen molar-refractivity contribution >= 4 is 33.2 Å². The monoisotopic (exact) mass is 456 g/mol. The van der Waals surface area contributed by atoms with E-state index in [4.69, 9.17) is 11.6 Å². The Balaban J connectivity index is 1.83. The number of hydrogen-bond donors (Lipinski definition) is 1. The largest absolute Gasteiger partial charge is 0.354 e. The lowest BCUT2D eigenvalue weighted by molar-refractivity contribution is -0.119. The minimum Gasteiger partial charge on any atom is -0.354 e. The lowest BCUT2D eigenvalue weighted by Crippen LogP contribution is -2.41. The highest BCUT2D eigenvalue weighted by molar-refractivity contribution is 7.92. The maximum absolute atomic E-state index is 13.3. The fraction of sp³-hybridized carbons (Fsp3) is 0.208. The van der Waals surface area contributed by atoms with E-state index < -0.39 is 10.0 Å². The SMILES string of the molecule is Cc1ccc(N(CC(=O)NCC(C)c2ccccc2)S(=O)(=O)c2ccccc2)cc1Cl. The van der Waals surface area contributed by atoms with Crippen LogP contribution >= 0.6 is 11.6 Å². The molecule has 7 heteroatoms. The van der Waals surface area contributed by atoms with Gasteiger partial charge in [0, 0.05) is 11.6 Å². The highest BCUT2D eigenvalue weighted by Gasteiger charge is 2.27. The fourth-order valence-corrected chi connectivity index (χ4v) is 4.73. The minimum absolute atomic E-state index is 0.0955. The van der Waals surface area contributed by atoms with Gasteiger partial charge in [0.15, 0.2) is 0 Å². The molecule has 1 amide bonds. The highest BCUT2D eigenvalue weighted by Crippen LogP contribution is 2.28. The first-order valence-corrected chi connectivity index (χ1v) is 11.8. The van der Waals surface area contributed by atoms with Gasteiger partial charge in [0.05, 0.1) is 10.6 Å². The van der Waals surface area contributed by atoms with E-state index in [0.717, 1.165) is 15.4 Å². The maximum atomic E-state index is 13.3. The van der Waals surface area contributed by atoms with Crippen molar-refractivity contribution in [3.05, 3.63) is 95.0 Å². The third kappa shape index (κ3) is 5.66. The fourth-order valence-electron chi connectivity index (χ4n) is 3.12. The molecule has 31 heavy (non-hydrogen) atoms. The van der Waals surface area contributed by atoms with Gasteiger partial charge in [-0.25, -0.2) is 8.42 Å². The van der Waals surface area contributed by atoms with Gasteiger partial charge in [-0.05, 0) is 48.2 Å². The zero-order valence-corrected chi connectivity index (χ0v) is 19.0. The van der Waals surface area contributed by atoms with Gasteiger partial charge in [-0.15, -0.1) is 0 Å². The number of aryl methyl sites for hydroxylation is 1. The number of anilines is 1. The first kappa shape index (κ1) is 22.8. The van der Waals surface area contributed by atoms with Crippen molar-refractivity contribution in [3.8, 4) is 0 Å². The van der Waals surface area contributed by atoms with Crippen LogP contribution in [0.1, 0.15) is 24.0 Å². The molecule has 0 aromatic heterocycles. The Morgan fingerprint density at radius 1 is 1.00 bits per heavy atom. The summed E-state index contributed by atoms with van der Waals surface area (Å²) in [6, 6.07) is 22.8. The van der Waals surface area contributed by atoms with Crippen LogP contribution in [-0.2, 0) is 14.8 Å². The lowest BCUT2D eigenvalue weighted by atomic mass is 10.0. The molecule has 1 N–H and O–H groups in total. The van der Waals surface area contributed by atoms with Gasteiger partial charge >= 0.3 is 0 Å². The number of rotatable bonds is 8. The Morgan fingerprint density at radius 3 is 2.23 bits per heavy atom. The molecule has 0 bridgehead atoms. The van der Waals surface area contributed by atoms with Gasteiger partial charge in [0.2, 0.25) is 5.91 Å². The summed E-state index contributed by atoms with van der Waals surface area (Å²) in [5.74, 6) is -0.294. The molecule has 3 aromatic carbocycles. The van der Waals surface area contributed by atoms with Crippen LogP contribution in [0.4, 0.5) is 5.69 Å². The van der Waals surface area contributed by atoms with Crippen molar-refractivity contribution in [2.24, 2.45) is 0 Å². The van der Waals surface area contributed by atoms with Crippen molar-refractivity contribution in [1.29, 1.82) is 0 Å². The van der Waals surface area contributed by atoms with E-state index in [1.807, 2.05) is 44.2 Å². The van der Waals surface area contributed by atoms with Crippen LogP contribution in [0.15, 0.2) is 83.8 Å². The van der Waals surface area contributed by atoms with Crippen molar-refractivity contribution in [1.82, 2.24) is 5.32 Å². The second-order valence-corrected chi connectivity index (χ2v) is 9.64. The normalized spacial score (nSPS) is 12.2. The zero-order chi connectivity index (χ0) is 22.4. The van der Waals surface area contributed by atoms with Crippen molar-refractivity contribution < 1.29 is 13.2 Å². The topological polar surface area (TPSA) is 66.5 Å². The molecule has 3 aromatic rings. The van der Waals surface area contributed by atoms with Crippen LogP contribution < -0.4 is 9.62 Å². The average molecular weight is 457 g/mol. The summed E-state index contributed by atoms with van der Waals surface area (Å²) in [5.41, 5.74) is 2.26. The van der Waals surface area contributed by atoms with Crippen LogP contribution in [0.3, 0.4) is 0 Å². The molecular formula is C24H25ClN2O3S. The van der Waals surface area contributed by atoms with E-state index in [1.165, 1.54) is 12.1 Å². The average Bonchev–Trinajstić information content (AvgIpc) is 2.79. The standard InChI is InChI=1S/C24H25ClN2O3S/c1-18-13-14-21(15-23(18)25)27(31(29,30)22-11-7-4-8-12-22)17-24(28)26-16-19(2)20-9-5-3-6-10-20/h3-15,19H,16-17H2,1-2H3,(H,26,28). The summed E-state index contributed by atoms with van der Waals surface area (Å²) in [4.78, 5) is 12.9. The van der Waals surface area contributed by atoms with Crippen molar-refractivity contribution in [2.45, 2.75) is 24.7 Å². The molecule has 0 saturated heterocycles. The molecule has 0 spiro atoms. The molecule has 1 unspecified atom stereocenters. The predicted molar refractivity (Wildman–Crippen MR) is 125 cm³/mol. The number of halogens is 1. The van der Waals surface area contributed by atoms with Crippen LogP contribution in [-0.4, -0.2) is 27.4 Å². The summed E-state index contributed by atoms with van der Waals surface area (Å²) in [7, 11) is -3.96. The first-order valence-electron chi connectivity index (χ1n) is 9.94. The summed E-state index contributed by atoms with van der Waals surface area (Å²) in [5, 5.41) is 3.29. The molecule has 1 atom stereocenters. The van der Waals surface area contributed by atoms with Crippen molar-refractivity contribution in [2.75, 3.05) is 17.4 Å². The molecule has 0 radical (unpaired) electrons. The van der Waals surface area contributed by atoms with Crippen LogP contribution in [0.5, 0.6) is 0 Å². The Morgan fingerprint density at radius 2 is 1.61 bits per heavy atom. The van der Waals surface area contributed by atoms with E-state index >= 15 is 0 Å². The molecule has 162 valence electrons. The van der Waals surface area contributed by atoms with Gasteiger partial charge in [0.1, 0.15) is 6.54 Å². The number of hydrogen-bond acceptors (Lipinski definition) is 3. The molecule has 0 aliphatic rings. The third-order valence-electron chi connectivity index (χ3n) is 5.04. The molecule has 0 aliphatic heterocycles. The maximum Gasteiger partial charge on any atom is 0.264 e. The Labute approximate surface area is 188 Å². The van der Waals surface area contributed by atoms with Gasteiger partial charge < -0.3 is 5.32 Å². The number of nitrogens with one attached hydrogen (secondary N) is 1. The molecule has 0 fully saturated rings. The molecule has 5 nitrogen and oxygen atoms in total. The second-order valence-electron chi connectivity index (χ2n) is 7.37. The quantitative estimate of drug-likeness (QED) is 0.531. The molecule has 0 heterocycles.